The summed E-state index contributed by atoms with van der Waals surface area (Å²) in [4.78, 5) is 37.8. The van der Waals surface area contributed by atoms with Gasteiger partial charge in [0.2, 0.25) is 0 Å². The normalized spacial score (nSPS) is 16.4. The number of nitrogens with one attached hydrogen (secondary N) is 1. The van der Waals surface area contributed by atoms with E-state index in [9.17, 15) is 9.59 Å². The van der Waals surface area contributed by atoms with Crippen LogP contribution in [0.5, 0.6) is 0 Å². The molecule has 1 N–H and O–H groups in total. The quantitative estimate of drug-likeness (QED) is 0.812. The van der Waals surface area contributed by atoms with Crippen LogP contribution in [-0.4, -0.2) is 65.1 Å². The van der Waals surface area contributed by atoms with Crippen molar-refractivity contribution in [2.24, 2.45) is 0 Å². The number of hydrogen-bond acceptors (Lipinski definition) is 7. The first-order valence-corrected chi connectivity index (χ1v) is 9.49. The summed E-state index contributed by atoms with van der Waals surface area (Å²) in [5.74, 6) is 0.263. The van der Waals surface area contributed by atoms with Crippen LogP contribution in [0.3, 0.4) is 0 Å². The number of aromatic amines is 1. The molecular formula is C17H24N4O3S. The van der Waals surface area contributed by atoms with E-state index in [1.165, 1.54) is 11.3 Å². The van der Waals surface area contributed by atoms with E-state index in [4.69, 9.17) is 4.74 Å². The molecule has 1 fully saturated rings. The first-order chi connectivity index (χ1) is 12.0. The Morgan fingerprint density at radius 3 is 2.56 bits per heavy atom. The van der Waals surface area contributed by atoms with E-state index in [1.54, 1.807) is 13.8 Å². The molecule has 3 heterocycles. The molecule has 0 radical (unpaired) electrons. The molecule has 0 unspecified atom stereocenters. The molecular weight excluding hydrogens is 340 g/mol. The highest BCUT2D eigenvalue weighted by molar-refractivity contribution is 7.20. The fraction of sp³-hybridized carbons (Fsp3) is 0.588. The van der Waals surface area contributed by atoms with Gasteiger partial charge in [-0.2, -0.15) is 0 Å². The first kappa shape index (κ1) is 18.0. The van der Waals surface area contributed by atoms with Crippen LogP contribution in [0.2, 0.25) is 0 Å². The van der Waals surface area contributed by atoms with E-state index in [0.29, 0.717) is 39.6 Å². The molecule has 0 bridgehead atoms. The number of likely N-dealkylation sites (N-methyl/N-ethyl adjacent to an activating group) is 1. The lowest BCUT2D eigenvalue weighted by atomic mass is 10.2. The van der Waals surface area contributed by atoms with Crippen molar-refractivity contribution in [1.29, 1.82) is 0 Å². The molecule has 1 aliphatic rings. The number of hydrogen-bond donors (Lipinski definition) is 1. The number of H-pyrrole nitrogens is 1. The summed E-state index contributed by atoms with van der Waals surface area (Å²) < 4.78 is 5.07. The standard InChI is InChI=1S/C17H24N4O3S/c1-4-20-6-8-21(9-7-20)10-12-18-15(22)13-11(3)14(17(23)24-5-2)25-16(13)19-12/h4-10H2,1-3H3,(H,18,19,22). The predicted molar refractivity (Wildman–Crippen MR) is 98.3 cm³/mol. The summed E-state index contributed by atoms with van der Waals surface area (Å²) in [7, 11) is 0. The number of aryl methyl sites for hydroxylation is 1. The second kappa shape index (κ2) is 7.63. The number of ether oxygens (including phenoxy) is 1. The van der Waals surface area contributed by atoms with Crippen molar-refractivity contribution >= 4 is 27.5 Å². The number of esters is 1. The van der Waals surface area contributed by atoms with Gasteiger partial charge in [-0.05, 0) is 26.0 Å². The topological polar surface area (TPSA) is 78.5 Å². The Bertz CT molecular complexity index is 821. The number of carbonyl (C=O) groups excluding carboxylic acids is 1. The summed E-state index contributed by atoms with van der Waals surface area (Å²) in [6.45, 7) is 11.7. The van der Waals surface area contributed by atoms with E-state index in [0.717, 1.165) is 32.7 Å². The number of carbonyl (C=O) groups is 1. The summed E-state index contributed by atoms with van der Waals surface area (Å²) in [5.41, 5.74) is 0.465. The van der Waals surface area contributed by atoms with Gasteiger partial charge in [-0.25, -0.2) is 9.78 Å². The van der Waals surface area contributed by atoms with Crippen molar-refractivity contribution in [3.05, 3.63) is 26.6 Å². The zero-order chi connectivity index (χ0) is 18.0. The molecule has 1 saturated heterocycles. The third-order valence-electron chi connectivity index (χ3n) is 4.60. The number of aromatic nitrogens is 2. The fourth-order valence-electron chi connectivity index (χ4n) is 3.13. The van der Waals surface area contributed by atoms with Crippen LogP contribution in [0.15, 0.2) is 4.79 Å². The first-order valence-electron chi connectivity index (χ1n) is 8.67. The van der Waals surface area contributed by atoms with Crippen LogP contribution in [0.25, 0.3) is 10.2 Å². The van der Waals surface area contributed by atoms with Crippen LogP contribution in [0.1, 0.15) is 34.9 Å². The zero-order valence-electron chi connectivity index (χ0n) is 14.9. The molecule has 2 aromatic rings. The molecule has 25 heavy (non-hydrogen) atoms. The Kier molecular flexibility index (Phi) is 5.51. The van der Waals surface area contributed by atoms with Gasteiger partial charge in [0.15, 0.2) is 0 Å². The van der Waals surface area contributed by atoms with Gasteiger partial charge in [0, 0.05) is 26.2 Å². The third-order valence-corrected chi connectivity index (χ3v) is 5.76. The lowest BCUT2D eigenvalue weighted by Gasteiger charge is -2.33. The molecule has 0 spiro atoms. The molecule has 1 aliphatic heterocycles. The van der Waals surface area contributed by atoms with Crippen molar-refractivity contribution < 1.29 is 9.53 Å². The van der Waals surface area contributed by atoms with Gasteiger partial charge in [-0.15, -0.1) is 11.3 Å². The van der Waals surface area contributed by atoms with E-state index in [1.807, 2.05) is 0 Å². The molecule has 0 aromatic carbocycles. The lowest BCUT2D eigenvalue weighted by Crippen LogP contribution is -2.45. The van der Waals surface area contributed by atoms with Gasteiger partial charge in [-0.1, -0.05) is 6.92 Å². The maximum absolute atomic E-state index is 12.5. The van der Waals surface area contributed by atoms with E-state index in [2.05, 4.69) is 26.7 Å². The number of piperazine rings is 1. The predicted octanol–water partition coefficient (Wildman–Crippen LogP) is 1.61. The second-order valence-corrected chi connectivity index (χ2v) is 7.18. The average Bonchev–Trinajstić information content (AvgIpc) is 2.93. The molecule has 136 valence electrons. The maximum atomic E-state index is 12.5. The van der Waals surface area contributed by atoms with Crippen molar-refractivity contribution in [3.63, 3.8) is 0 Å². The molecule has 0 saturated carbocycles. The highest BCUT2D eigenvalue weighted by Gasteiger charge is 2.21. The molecule has 7 nitrogen and oxygen atoms in total. The van der Waals surface area contributed by atoms with Crippen LogP contribution in [0.4, 0.5) is 0 Å². The van der Waals surface area contributed by atoms with Gasteiger partial charge < -0.3 is 14.6 Å². The minimum atomic E-state index is -0.389. The Morgan fingerprint density at radius 1 is 1.24 bits per heavy atom. The second-order valence-electron chi connectivity index (χ2n) is 6.18. The van der Waals surface area contributed by atoms with E-state index < -0.39 is 0 Å². The van der Waals surface area contributed by atoms with Crippen molar-refractivity contribution in [1.82, 2.24) is 19.8 Å². The Morgan fingerprint density at radius 2 is 1.92 bits per heavy atom. The molecule has 0 aliphatic carbocycles. The summed E-state index contributed by atoms with van der Waals surface area (Å²) >= 11 is 1.23. The Balaban J connectivity index is 1.84. The van der Waals surface area contributed by atoms with Crippen molar-refractivity contribution in [2.45, 2.75) is 27.3 Å². The maximum Gasteiger partial charge on any atom is 0.348 e. The van der Waals surface area contributed by atoms with Crippen LogP contribution in [0, 0.1) is 6.92 Å². The van der Waals surface area contributed by atoms with E-state index in [-0.39, 0.29) is 11.5 Å². The van der Waals surface area contributed by atoms with E-state index >= 15 is 0 Å². The smallest absolute Gasteiger partial charge is 0.348 e. The van der Waals surface area contributed by atoms with Crippen LogP contribution < -0.4 is 5.56 Å². The molecule has 3 rings (SSSR count). The monoisotopic (exact) mass is 364 g/mol. The van der Waals surface area contributed by atoms with Crippen LogP contribution >= 0.6 is 11.3 Å². The van der Waals surface area contributed by atoms with Gasteiger partial charge in [0.1, 0.15) is 15.5 Å². The fourth-order valence-corrected chi connectivity index (χ4v) is 4.22. The summed E-state index contributed by atoms with van der Waals surface area (Å²) in [6, 6.07) is 0. The SMILES string of the molecule is CCOC(=O)c1sc2nc(CN3CCN(CC)CC3)[nH]c(=O)c2c1C. The summed E-state index contributed by atoms with van der Waals surface area (Å²) in [5, 5.41) is 0.493. The van der Waals surface area contributed by atoms with Crippen molar-refractivity contribution in [3.8, 4) is 0 Å². The average molecular weight is 364 g/mol. The van der Waals surface area contributed by atoms with Crippen molar-refractivity contribution in [2.75, 3.05) is 39.3 Å². The molecule has 2 aromatic heterocycles. The highest BCUT2D eigenvalue weighted by Crippen LogP contribution is 2.27. The number of nitrogens with zero attached hydrogens (tertiary/aromatic N) is 3. The number of rotatable bonds is 5. The minimum absolute atomic E-state index is 0.184. The minimum Gasteiger partial charge on any atom is -0.462 e. The van der Waals surface area contributed by atoms with Gasteiger partial charge in [-0.3, -0.25) is 9.69 Å². The largest absolute Gasteiger partial charge is 0.462 e. The molecule has 8 heteroatoms. The number of thiophene rings is 1. The van der Waals surface area contributed by atoms with Gasteiger partial charge in [0.25, 0.3) is 5.56 Å². The van der Waals surface area contributed by atoms with Gasteiger partial charge in [0.05, 0.1) is 18.5 Å². The Labute approximate surface area is 150 Å². The zero-order valence-corrected chi connectivity index (χ0v) is 15.7. The molecule has 0 amide bonds. The highest BCUT2D eigenvalue weighted by atomic mass is 32.1. The number of fused-ring (bicyclic) bond motifs is 1. The molecule has 0 atom stereocenters. The van der Waals surface area contributed by atoms with Gasteiger partial charge >= 0.3 is 5.97 Å². The Hall–Kier alpha value is -1.77. The summed E-state index contributed by atoms with van der Waals surface area (Å²) in [6.07, 6.45) is 0. The van der Waals surface area contributed by atoms with Crippen LogP contribution in [-0.2, 0) is 11.3 Å². The third kappa shape index (κ3) is 3.75. The lowest BCUT2D eigenvalue weighted by molar-refractivity contribution is 0.0531.